The topological polar surface area (TPSA) is 108 Å². The van der Waals surface area contributed by atoms with Gasteiger partial charge in [-0.05, 0) is 74.0 Å². The molecule has 0 saturated carbocycles. The molecule has 0 spiro atoms. The van der Waals surface area contributed by atoms with Crippen LogP contribution in [0.4, 0.5) is 5.13 Å². The van der Waals surface area contributed by atoms with Crippen molar-refractivity contribution in [2.75, 3.05) is 32.7 Å². The minimum absolute atomic E-state index is 0.0934. The first-order valence-corrected chi connectivity index (χ1v) is 13.6. The summed E-state index contributed by atoms with van der Waals surface area (Å²) in [5.41, 5.74) is 3.40. The van der Waals surface area contributed by atoms with E-state index in [2.05, 4.69) is 15.6 Å². The van der Waals surface area contributed by atoms with Crippen molar-refractivity contribution >= 4 is 28.3 Å². The molecule has 0 fully saturated rings. The van der Waals surface area contributed by atoms with E-state index in [0.717, 1.165) is 55.5 Å². The minimum atomic E-state index is -0.473. The molecular formula is C28H31N3O6S. The fourth-order valence-corrected chi connectivity index (χ4v) is 5.53. The summed E-state index contributed by atoms with van der Waals surface area (Å²) in [5.74, 6) is 1.43. The molecule has 2 aromatic carbocycles. The molecule has 10 heteroatoms. The fraction of sp³-hybridized carbons (Fsp3) is 0.393. The molecule has 0 radical (unpaired) electrons. The Labute approximate surface area is 225 Å². The molecule has 3 heterocycles. The smallest absolute Gasteiger partial charge is 0.341 e. The SMILES string of the molecule is COC(=O)c1ccc2cc1OCCCCCc1csc(n1)NC(=O)CC1NCCc3cc(OC)c(cc31)O2. The van der Waals surface area contributed by atoms with E-state index in [-0.39, 0.29) is 18.4 Å². The van der Waals surface area contributed by atoms with Crippen molar-refractivity contribution in [3.05, 3.63) is 58.1 Å². The van der Waals surface area contributed by atoms with Gasteiger partial charge in [0, 0.05) is 23.9 Å². The molecule has 1 unspecified atom stereocenters. The Bertz CT molecular complexity index is 1320. The number of methoxy groups -OCH3 is 2. The molecule has 6 bridgehead atoms. The summed E-state index contributed by atoms with van der Waals surface area (Å²) in [6.45, 7) is 1.20. The molecule has 200 valence electrons. The van der Waals surface area contributed by atoms with Crippen LogP contribution in [0.3, 0.4) is 0 Å². The number of carbonyl (C=O) groups is 2. The molecule has 1 atom stereocenters. The summed E-state index contributed by atoms with van der Waals surface area (Å²) in [6, 6.07) is 8.75. The third-order valence-corrected chi connectivity index (χ3v) is 7.50. The lowest BCUT2D eigenvalue weighted by Crippen LogP contribution is -2.32. The highest BCUT2D eigenvalue weighted by Gasteiger charge is 2.26. The average Bonchev–Trinajstić information content (AvgIpc) is 3.36. The van der Waals surface area contributed by atoms with Crippen molar-refractivity contribution in [3.8, 4) is 23.0 Å². The second-order valence-corrected chi connectivity index (χ2v) is 10.1. The highest BCUT2D eigenvalue weighted by molar-refractivity contribution is 7.13. The van der Waals surface area contributed by atoms with Crippen molar-refractivity contribution in [1.82, 2.24) is 10.3 Å². The summed E-state index contributed by atoms with van der Waals surface area (Å²) < 4.78 is 22.9. The summed E-state index contributed by atoms with van der Waals surface area (Å²) in [7, 11) is 2.94. The largest absolute Gasteiger partial charge is 0.493 e. The number of nitrogens with zero attached hydrogens (tertiary/aromatic N) is 1. The number of fused-ring (bicyclic) bond motifs is 5. The van der Waals surface area contributed by atoms with Gasteiger partial charge in [0.25, 0.3) is 0 Å². The van der Waals surface area contributed by atoms with E-state index in [1.54, 1.807) is 25.3 Å². The lowest BCUT2D eigenvalue weighted by Gasteiger charge is -2.28. The zero-order chi connectivity index (χ0) is 26.5. The molecule has 3 aromatic rings. The second kappa shape index (κ2) is 11.8. The van der Waals surface area contributed by atoms with E-state index in [1.807, 2.05) is 17.5 Å². The first-order chi connectivity index (χ1) is 18.5. The van der Waals surface area contributed by atoms with Gasteiger partial charge in [0.2, 0.25) is 5.91 Å². The van der Waals surface area contributed by atoms with Gasteiger partial charge < -0.3 is 29.6 Å². The maximum atomic E-state index is 12.9. The first-order valence-electron chi connectivity index (χ1n) is 12.8. The Hall–Kier alpha value is -3.63. The van der Waals surface area contributed by atoms with Crippen molar-refractivity contribution in [1.29, 1.82) is 0 Å². The number of rotatable bonds is 2. The van der Waals surface area contributed by atoms with Crippen molar-refractivity contribution in [2.45, 2.75) is 44.6 Å². The Kier molecular flexibility index (Phi) is 8.09. The number of amides is 1. The molecule has 2 aliphatic rings. The molecule has 0 aliphatic carbocycles. The summed E-state index contributed by atoms with van der Waals surface area (Å²) in [6.07, 6.45) is 4.59. The number of aryl methyl sites for hydroxylation is 1. The van der Waals surface area contributed by atoms with Crippen molar-refractivity contribution < 1.29 is 28.5 Å². The third kappa shape index (κ3) is 5.92. The number of nitrogens with one attached hydrogen (secondary N) is 2. The Balaban J connectivity index is 1.50. The van der Waals surface area contributed by atoms with Gasteiger partial charge in [0.05, 0.1) is 26.5 Å². The van der Waals surface area contributed by atoms with Gasteiger partial charge in [-0.25, -0.2) is 9.78 Å². The highest BCUT2D eigenvalue weighted by atomic mass is 32.1. The molecule has 1 aromatic heterocycles. The maximum Gasteiger partial charge on any atom is 0.341 e. The van der Waals surface area contributed by atoms with Gasteiger partial charge in [-0.3, -0.25) is 4.79 Å². The van der Waals surface area contributed by atoms with Gasteiger partial charge >= 0.3 is 5.97 Å². The Morgan fingerprint density at radius 2 is 2.00 bits per heavy atom. The first kappa shape index (κ1) is 26.0. The van der Waals surface area contributed by atoms with Gasteiger partial charge in [0.15, 0.2) is 16.6 Å². The standard InChI is InChI=1S/C28H31N3O6S/c1-34-24-12-17-9-10-29-22-15-26(32)31-28-30-18(16-38-28)6-4-3-5-11-36-23-13-19(37-25(24)14-21(17)22)7-8-20(23)27(33)35-2/h7-8,12-14,16,22,29H,3-6,9-11,15H2,1-2H3,(H,30,31,32). The van der Waals surface area contributed by atoms with Crippen LogP contribution in [0.5, 0.6) is 23.0 Å². The Morgan fingerprint density at radius 3 is 2.84 bits per heavy atom. The summed E-state index contributed by atoms with van der Waals surface area (Å²) >= 11 is 1.44. The van der Waals surface area contributed by atoms with Crippen LogP contribution in [-0.2, 0) is 22.4 Å². The van der Waals surface area contributed by atoms with E-state index in [9.17, 15) is 9.59 Å². The molecule has 1 amide bonds. The predicted octanol–water partition coefficient (Wildman–Crippen LogP) is 5.05. The van der Waals surface area contributed by atoms with Gasteiger partial charge in [0.1, 0.15) is 17.1 Å². The number of aromatic nitrogens is 1. The van der Waals surface area contributed by atoms with Crippen LogP contribution in [0.1, 0.15) is 58.9 Å². The van der Waals surface area contributed by atoms with Gasteiger partial charge in [-0.1, -0.05) is 0 Å². The number of anilines is 1. The number of thiazole rings is 1. The number of ether oxygens (including phenoxy) is 4. The zero-order valence-corrected chi connectivity index (χ0v) is 22.3. The van der Waals surface area contributed by atoms with E-state index in [1.165, 1.54) is 18.4 Å². The van der Waals surface area contributed by atoms with Crippen LogP contribution < -0.4 is 24.8 Å². The summed E-state index contributed by atoms with van der Waals surface area (Å²) in [5, 5.41) is 9.03. The van der Waals surface area contributed by atoms with Crippen LogP contribution in [0.2, 0.25) is 0 Å². The molecule has 9 nitrogen and oxygen atoms in total. The zero-order valence-electron chi connectivity index (χ0n) is 21.5. The van der Waals surface area contributed by atoms with E-state index >= 15 is 0 Å². The van der Waals surface area contributed by atoms with Crippen molar-refractivity contribution in [2.24, 2.45) is 0 Å². The average molecular weight is 538 g/mol. The fourth-order valence-electron chi connectivity index (χ4n) is 4.76. The molecule has 5 rings (SSSR count). The normalized spacial score (nSPS) is 17.8. The monoisotopic (exact) mass is 537 g/mol. The number of carbonyl (C=O) groups excluding carboxylic acids is 2. The molecule has 2 aliphatic heterocycles. The number of hydrogen-bond acceptors (Lipinski definition) is 9. The highest BCUT2D eigenvalue weighted by Crippen LogP contribution is 2.40. The molecule has 0 saturated heterocycles. The third-order valence-electron chi connectivity index (χ3n) is 6.69. The lowest BCUT2D eigenvalue weighted by atomic mass is 9.91. The molecule has 2 N–H and O–H groups in total. The quantitative estimate of drug-likeness (QED) is 0.437. The summed E-state index contributed by atoms with van der Waals surface area (Å²) in [4.78, 5) is 29.9. The van der Waals surface area contributed by atoms with Crippen LogP contribution in [-0.4, -0.2) is 44.2 Å². The van der Waals surface area contributed by atoms with Crippen LogP contribution in [0, 0.1) is 0 Å². The van der Waals surface area contributed by atoms with Crippen molar-refractivity contribution in [3.63, 3.8) is 0 Å². The number of esters is 1. The van der Waals surface area contributed by atoms with Gasteiger partial charge in [-0.15, -0.1) is 11.3 Å². The lowest BCUT2D eigenvalue weighted by molar-refractivity contribution is -0.116. The van der Waals surface area contributed by atoms with Gasteiger partial charge in [-0.2, -0.15) is 0 Å². The van der Waals surface area contributed by atoms with E-state index in [0.29, 0.717) is 40.3 Å². The van der Waals surface area contributed by atoms with E-state index < -0.39 is 5.97 Å². The van der Waals surface area contributed by atoms with Crippen LogP contribution in [0.15, 0.2) is 35.7 Å². The molecular weight excluding hydrogens is 506 g/mol. The maximum absolute atomic E-state index is 12.9. The van der Waals surface area contributed by atoms with E-state index in [4.69, 9.17) is 18.9 Å². The Morgan fingerprint density at radius 1 is 1.11 bits per heavy atom. The predicted molar refractivity (Wildman–Crippen MR) is 144 cm³/mol. The van der Waals surface area contributed by atoms with Crippen LogP contribution >= 0.6 is 11.3 Å². The minimum Gasteiger partial charge on any atom is -0.493 e. The number of hydrogen-bond donors (Lipinski definition) is 2. The number of benzene rings is 2. The second-order valence-electron chi connectivity index (χ2n) is 9.27. The molecule has 38 heavy (non-hydrogen) atoms. The van der Waals surface area contributed by atoms with Crippen LogP contribution in [0.25, 0.3) is 0 Å².